The fourth-order valence-electron chi connectivity index (χ4n) is 3.19. The largest absolute Gasteiger partial charge is 0.309 e. The standard InChI is InChI=1S/C16H22BrFN2/c1-16(2)10-20(15(8-19-16)11-3-4-11)9-12-7-13(17)5-6-14(12)18/h5-7,11,15,19H,3-4,8-10H2,1-2H3. The van der Waals surface area contributed by atoms with E-state index in [2.05, 4.69) is 40.0 Å². The molecule has 0 spiro atoms. The normalized spacial score (nSPS) is 26.7. The maximum Gasteiger partial charge on any atom is 0.127 e. The molecule has 2 nitrogen and oxygen atoms in total. The number of hydrogen-bond acceptors (Lipinski definition) is 2. The van der Waals surface area contributed by atoms with Crippen LogP contribution in [0.5, 0.6) is 0 Å². The third-order valence-corrected chi connectivity index (χ3v) is 4.90. The minimum absolute atomic E-state index is 0.0981. The van der Waals surface area contributed by atoms with Crippen molar-refractivity contribution in [1.82, 2.24) is 10.2 Å². The van der Waals surface area contributed by atoms with Crippen molar-refractivity contribution in [2.75, 3.05) is 13.1 Å². The lowest BCUT2D eigenvalue weighted by molar-refractivity contribution is 0.0749. The zero-order valence-corrected chi connectivity index (χ0v) is 13.7. The summed E-state index contributed by atoms with van der Waals surface area (Å²) in [6.45, 7) is 7.14. The molecule has 1 N–H and O–H groups in total. The van der Waals surface area contributed by atoms with Crippen LogP contribution in [0.15, 0.2) is 22.7 Å². The first kappa shape index (κ1) is 14.5. The fourth-order valence-corrected chi connectivity index (χ4v) is 3.60. The van der Waals surface area contributed by atoms with Gasteiger partial charge in [-0.05, 0) is 50.8 Å². The van der Waals surface area contributed by atoms with E-state index in [4.69, 9.17) is 0 Å². The molecule has 1 aliphatic carbocycles. The molecule has 2 fully saturated rings. The molecule has 1 aromatic carbocycles. The Labute approximate surface area is 128 Å². The van der Waals surface area contributed by atoms with Gasteiger partial charge in [0.1, 0.15) is 5.82 Å². The van der Waals surface area contributed by atoms with Crippen molar-refractivity contribution < 1.29 is 4.39 Å². The molecule has 1 atom stereocenters. The Hall–Kier alpha value is -0.450. The monoisotopic (exact) mass is 340 g/mol. The van der Waals surface area contributed by atoms with Crippen molar-refractivity contribution in [3.05, 3.63) is 34.1 Å². The van der Waals surface area contributed by atoms with Crippen LogP contribution in [0.4, 0.5) is 4.39 Å². The summed E-state index contributed by atoms with van der Waals surface area (Å²) >= 11 is 3.44. The smallest absolute Gasteiger partial charge is 0.127 e. The van der Waals surface area contributed by atoms with Crippen molar-refractivity contribution in [1.29, 1.82) is 0 Å². The lowest BCUT2D eigenvalue weighted by atomic mass is 9.96. The zero-order valence-electron chi connectivity index (χ0n) is 12.1. The van der Waals surface area contributed by atoms with Crippen LogP contribution in [0.25, 0.3) is 0 Å². The molecule has 1 heterocycles. The van der Waals surface area contributed by atoms with Crippen LogP contribution in [0.2, 0.25) is 0 Å². The summed E-state index contributed by atoms with van der Waals surface area (Å²) in [5.41, 5.74) is 0.899. The van der Waals surface area contributed by atoms with E-state index < -0.39 is 0 Å². The van der Waals surface area contributed by atoms with E-state index >= 15 is 0 Å². The van der Waals surface area contributed by atoms with Gasteiger partial charge in [-0.1, -0.05) is 15.9 Å². The minimum atomic E-state index is -0.0981. The molecule has 1 unspecified atom stereocenters. The average molecular weight is 341 g/mol. The lowest BCUT2D eigenvalue weighted by Gasteiger charge is -2.45. The van der Waals surface area contributed by atoms with Gasteiger partial charge in [-0.3, -0.25) is 4.90 Å². The van der Waals surface area contributed by atoms with Gasteiger partial charge in [0.25, 0.3) is 0 Å². The molecule has 1 saturated carbocycles. The SMILES string of the molecule is CC1(C)CN(Cc2cc(Br)ccc2F)C(C2CC2)CN1. The highest BCUT2D eigenvalue weighted by molar-refractivity contribution is 9.10. The third-order valence-electron chi connectivity index (χ3n) is 4.40. The maximum atomic E-state index is 14.0. The van der Waals surface area contributed by atoms with E-state index in [0.717, 1.165) is 29.0 Å². The van der Waals surface area contributed by atoms with Gasteiger partial charge in [0.2, 0.25) is 0 Å². The molecule has 20 heavy (non-hydrogen) atoms. The molecule has 0 aromatic heterocycles. The second-order valence-electron chi connectivity index (χ2n) is 6.81. The molecular weight excluding hydrogens is 319 g/mol. The number of halogens is 2. The molecule has 0 amide bonds. The van der Waals surface area contributed by atoms with Crippen molar-refractivity contribution in [2.24, 2.45) is 5.92 Å². The molecule has 3 rings (SSSR count). The molecule has 1 saturated heterocycles. The summed E-state index contributed by atoms with van der Waals surface area (Å²) in [6, 6.07) is 5.79. The Balaban J connectivity index is 1.79. The van der Waals surface area contributed by atoms with Gasteiger partial charge in [0, 0.05) is 41.3 Å². The highest BCUT2D eigenvalue weighted by atomic mass is 79.9. The Morgan fingerprint density at radius 3 is 2.85 bits per heavy atom. The molecule has 1 aromatic rings. The van der Waals surface area contributed by atoms with Gasteiger partial charge < -0.3 is 5.32 Å². The summed E-state index contributed by atoms with van der Waals surface area (Å²) in [7, 11) is 0. The van der Waals surface area contributed by atoms with Gasteiger partial charge >= 0.3 is 0 Å². The average Bonchev–Trinajstić information content (AvgIpc) is 3.17. The summed E-state index contributed by atoms with van der Waals surface area (Å²) in [4.78, 5) is 2.47. The van der Waals surface area contributed by atoms with Crippen LogP contribution in [-0.4, -0.2) is 29.6 Å². The van der Waals surface area contributed by atoms with Crippen molar-refractivity contribution in [2.45, 2.75) is 44.8 Å². The number of benzene rings is 1. The van der Waals surface area contributed by atoms with Crippen LogP contribution >= 0.6 is 15.9 Å². The number of hydrogen-bond donors (Lipinski definition) is 1. The predicted molar refractivity (Wildman–Crippen MR) is 83.1 cm³/mol. The highest BCUT2D eigenvalue weighted by Gasteiger charge is 2.40. The quantitative estimate of drug-likeness (QED) is 0.905. The van der Waals surface area contributed by atoms with E-state index in [9.17, 15) is 4.39 Å². The first-order valence-electron chi connectivity index (χ1n) is 7.38. The van der Waals surface area contributed by atoms with Gasteiger partial charge in [0.15, 0.2) is 0 Å². The van der Waals surface area contributed by atoms with Crippen LogP contribution in [0, 0.1) is 11.7 Å². The summed E-state index contributed by atoms with van der Waals surface area (Å²) in [5.74, 6) is 0.702. The third kappa shape index (κ3) is 3.23. The first-order valence-corrected chi connectivity index (χ1v) is 8.17. The molecule has 4 heteroatoms. The van der Waals surface area contributed by atoms with Gasteiger partial charge in [-0.2, -0.15) is 0 Å². The second kappa shape index (κ2) is 5.39. The van der Waals surface area contributed by atoms with Crippen molar-refractivity contribution in [3.63, 3.8) is 0 Å². The topological polar surface area (TPSA) is 15.3 Å². The van der Waals surface area contributed by atoms with Gasteiger partial charge in [-0.15, -0.1) is 0 Å². The van der Waals surface area contributed by atoms with Gasteiger partial charge in [0.05, 0.1) is 0 Å². The number of nitrogens with one attached hydrogen (secondary N) is 1. The van der Waals surface area contributed by atoms with Crippen LogP contribution in [-0.2, 0) is 6.54 Å². The van der Waals surface area contributed by atoms with Crippen LogP contribution < -0.4 is 5.32 Å². The van der Waals surface area contributed by atoms with E-state index in [-0.39, 0.29) is 11.4 Å². The summed E-state index contributed by atoms with van der Waals surface area (Å²) in [5, 5.41) is 3.63. The zero-order chi connectivity index (χ0) is 14.3. The van der Waals surface area contributed by atoms with Crippen molar-refractivity contribution in [3.8, 4) is 0 Å². The molecule has 2 aliphatic rings. The van der Waals surface area contributed by atoms with E-state index in [1.807, 2.05) is 6.07 Å². The summed E-state index contributed by atoms with van der Waals surface area (Å²) < 4.78 is 14.9. The molecule has 0 bridgehead atoms. The molecule has 0 radical (unpaired) electrons. The fraction of sp³-hybridized carbons (Fsp3) is 0.625. The first-order chi connectivity index (χ1) is 9.44. The maximum absolute atomic E-state index is 14.0. The second-order valence-corrected chi connectivity index (χ2v) is 7.73. The van der Waals surface area contributed by atoms with E-state index in [1.54, 1.807) is 12.1 Å². The minimum Gasteiger partial charge on any atom is -0.309 e. The van der Waals surface area contributed by atoms with E-state index in [0.29, 0.717) is 12.6 Å². The molecule has 1 aliphatic heterocycles. The predicted octanol–water partition coefficient (Wildman–Crippen LogP) is 3.55. The van der Waals surface area contributed by atoms with Crippen LogP contribution in [0.3, 0.4) is 0 Å². The Kier molecular flexibility index (Phi) is 3.91. The summed E-state index contributed by atoms with van der Waals surface area (Å²) in [6.07, 6.45) is 2.65. The Bertz CT molecular complexity index is 499. The molecule has 110 valence electrons. The lowest BCUT2D eigenvalue weighted by Crippen LogP contribution is -2.61. The van der Waals surface area contributed by atoms with Crippen LogP contribution in [0.1, 0.15) is 32.3 Å². The van der Waals surface area contributed by atoms with E-state index in [1.165, 1.54) is 12.8 Å². The Morgan fingerprint density at radius 2 is 2.15 bits per heavy atom. The molecular formula is C16H22BrFN2. The Morgan fingerprint density at radius 1 is 1.40 bits per heavy atom. The van der Waals surface area contributed by atoms with Crippen molar-refractivity contribution >= 4 is 15.9 Å². The number of nitrogens with zero attached hydrogens (tertiary/aromatic N) is 1. The number of piperazine rings is 1. The highest BCUT2D eigenvalue weighted by Crippen LogP contribution is 2.38. The number of rotatable bonds is 3. The van der Waals surface area contributed by atoms with Gasteiger partial charge in [-0.25, -0.2) is 4.39 Å².